The number of hydrogen-bond acceptors (Lipinski definition) is 2. The Morgan fingerprint density at radius 3 is 3.00 bits per heavy atom. The molecule has 1 aliphatic rings. The largest absolute Gasteiger partial charge is 0.347 e. The van der Waals surface area contributed by atoms with Crippen molar-refractivity contribution in [3.8, 4) is 0 Å². The number of carbonyl (C=O) groups is 1. The van der Waals surface area contributed by atoms with E-state index in [2.05, 4.69) is 10.3 Å². The first-order valence-corrected chi connectivity index (χ1v) is 4.94. The number of rotatable bonds is 0. The highest BCUT2D eigenvalue weighted by Gasteiger charge is 2.23. The fraction of sp³-hybridized carbons (Fsp3) is 0.167. The van der Waals surface area contributed by atoms with Gasteiger partial charge in [-0.05, 0) is 18.6 Å². The van der Waals surface area contributed by atoms with E-state index in [4.69, 9.17) is 0 Å². The zero-order valence-electron chi connectivity index (χ0n) is 8.37. The molecular formula is C12H10N2O. The average molecular weight is 198 g/mol. The van der Waals surface area contributed by atoms with Crippen LogP contribution in [0.15, 0.2) is 24.3 Å². The molecular weight excluding hydrogens is 188 g/mol. The Balaban J connectivity index is 2.46. The summed E-state index contributed by atoms with van der Waals surface area (Å²) >= 11 is 0. The molecule has 1 aliphatic heterocycles. The molecule has 0 saturated heterocycles. The third-order valence-electron chi connectivity index (χ3n) is 2.92. The van der Waals surface area contributed by atoms with Crippen molar-refractivity contribution >= 4 is 16.8 Å². The third-order valence-corrected chi connectivity index (χ3v) is 2.92. The first-order chi connectivity index (χ1) is 7.27. The lowest BCUT2D eigenvalue weighted by Gasteiger charge is -2.05. The minimum absolute atomic E-state index is 0.0566. The Kier molecular flexibility index (Phi) is 1.57. The van der Waals surface area contributed by atoms with Gasteiger partial charge in [0.25, 0.3) is 5.91 Å². The number of aryl methyl sites for hydroxylation is 1. The van der Waals surface area contributed by atoms with E-state index >= 15 is 0 Å². The van der Waals surface area contributed by atoms with Crippen molar-refractivity contribution in [2.24, 2.45) is 0 Å². The third kappa shape index (κ3) is 1.06. The van der Waals surface area contributed by atoms with Crippen molar-refractivity contribution in [2.75, 3.05) is 0 Å². The maximum Gasteiger partial charge on any atom is 0.270 e. The van der Waals surface area contributed by atoms with Crippen molar-refractivity contribution in [1.29, 1.82) is 0 Å². The van der Waals surface area contributed by atoms with Crippen LogP contribution in [0.3, 0.4) is 0 Å². The van der Waals surface area contributed by atoms with Gasteiger partial charge in [0.05, 0.1) is 5.52 Å². The zero-order chi connectivity index (χ0) is 10.4. The van der Waals surface area contributed by atoms with Gasteiger partial charge in [-0.15, -0.1) is 0 Å². The van der Waals surface area contributed by atoms with Crippen LogP contribution in [0.25, 0.3) is 10.9 Å². The van der Waals surface area contributed by atoms with Gasteiger partial charge in [0.1, 0.15) is 5.69 Å². The predicted octanol–water partition coefficient (Wildman–Crippen LogP) is 1.79. The van der Waals surface area contributed by atoms with Crippen LogP contribution in [-0.4, -0.2) is 10.9 Å². The van der Waals surface area contributed by atoms with Crippen LogP contribution in [0.5, 0.6) is 0 Å². The molecule has 3 rings (SSSR count). The lowest BCUT2D eigenvalue weighted by molar-refractivity contribution is 0.0962. The molecule has 15 heavy (non-hydrogen) atoms. The molecule has 2 heterocycles. The molecule has 3 heteroatoms. The van der Waals surface area contributed by atoms with Gasteiger partial charge >= 0.3 is 0 Å². The van der Waals surface area contributed by atoms with Gasteiger partial charge in [0.2, 0.25) is 0 Å². The number of nitrogens with zero attached hydrogens (tertiary/aromatic N) is 1. The Hall–Kier alpha value is -1.90. The summed E-state index contributed by atoms with van der Waals surface area (Å²) in [6, 6.07) is 7.91. The lowest BCUT2D eigenvalue weighted by Crippen LogP contribution is -2.13. The van der Waals surface area contributed by atoms with Crippen LogP contribution < -0.4 is 5.32 Å². The number of amides is 1. The summed E-state index contributed by atoms with van der Waals surface area (Å²) in [5, 5.41) is 3.93. The molecule has 1 aromatic carbocycles. The summed E-state index contributed by atoms with van der Waals surface area (Å²) in [5.74, 6) is -0.0566. The maximum atomic E-state index is 11.5. The van der Waals surface area contributed by atoms with E-state index in [1.54, 1.807) is 0 Å². The van der Waals surface area contributed by atoms with Crippen LogP contribution >= 0.6 is 0 Å². The topological polar surface area (TPSA) is 42.0 Å². The number of aromatic nitrogens is 1. The van der Waals surface area contributed by atoms with E-state index < -0.39 is 0 Å². The summed E-state index contributed by atoms with van der Waals surface area (Å²) in [5.41, 5.74) is 3.68. The molecule has 1 amide bonds. The first kappa shape index (κ1) is 8.41. The fourth-order valence-electron chi connectivity index (χ4n) is 2.07. The monoisotopic (exact) mass is 198 g/mol. The van der Waals surface area contributed by atoms with Crippen LogP contribution in [-0.2, 0) is 6.54 Å². The second-order valence-electron chi connectivity index (χ2n) is 3.76. The molecule has 2 aromatic rings. The Labute approximate surface area is 87.1 Å². The van der Waals surface area contributed by atoms with Crippen molar-refractivity contribution in [2.45, 2.75) is 13.5 Å². The van der Waals surface area contributed by atoms with E-state index in [1.165, 1.54) is 0 Å². The standard InChI is InChI=1S/C12H10N2O/c1-7-8-4-2-3-5-10(8)14-11-9(7)6-13-12(11)15/h2-5H,6H2,1H3,(H,13,15). The predicted molar refractivity (Wildman–Crippen MR) is 57.7 cm³/mol. The van der Waals surface area contributed by atoms with Crippen LogP contribution in [0, 0.1) is 6.92 Å². The zero-order valence-corrected chi connectivity index (χ0v) is 8.37. The Morgan fingerprint density at radius 2 is 2.13 bits per heavy atom. The highest BCUT2D eigenvalue weighted by Crippen LogP contribution is 2.25. The van der Waals surface area contributed by atoms with Crippen LogP contribution in [0.2, 0.25) is 0 Å². The fourth-order valence-corrected chi connectivity index (χ4v) is 2.07. The molecule has 0 fully saturated rings. The summed E-state index contributed by atoms with van der Waals surface area (Å²) in [6.45, 7) is 2.65. The summed E-state index contributed by atoms with van der Waals surface area (Å²) in [4.78, 5) is 15.9. The number of pyridine rings is 1. The number of hydrogen-bond donors (Lipinski definition) is 1. The van der Waals surface area contributed by atoms with Gasteiger partial charge in [0.15, 0.2) is 0 Å². The molecule has 1 N–H and O–H groups in total. The first-order valence-electron chi connectivity index (χ1n) is 4.94. The summed E-state index contributed by atoms with van der Waals surface area (Å²) < 4.78 is 0. The number of benzene rings is 1. The molecule has 0 aliphatic carbocycles. The average Bonchev–Trinajstić information content (AvgIpc) is 2.62. The molecule has 0 radical (unpaired) electrons. The molecule has 0 saturated carbocycles. The molecule has 0 spiro atoms. The van der Waals surface area contributed by atoms with Gasteiger partial charge < -0.3 is 5.32 Å². The Bertz CT molecular complexity index is 575. The van der Waals surface area contributed by atoms with E-state index in [0.29, 0.717) is 12.2 Å². The molecule has 3 nitrogen and oxygen atoms in total. The second kappa shape index (κ2) is 2.79. The number of nitrogens with one attached hydrogen (secondary N) is 1. The minimum atomic E-state index is -0.0566. The molecule has 0 unspecified atom stereocenters. The van der Waals surface area contributed by atoms with Gasteiger partial charge in [-0.2, -0.15) is 0 Å². The van der Waals surface area contributed by atoms with E-state index in [9.17, 15) is 4.79 Å². The quantitative estimate of drug-likeness (QED) is 0.701. The SMILES string of the molecule is Cc1c2c(nc3ccccc13)C(=O)NC2. The molecule has 0 atom stereocenters. The van der Waals surface area contributed by atoms with E-state index in [0.717, 1.165) is 22.0 Å². The highest BCUT2D eigenvalue weighted by molar-refractivity contribution is 6.00. The number of para-hydroxylation sites is 1. The van der Waals surface area contributed by atoms with Crippen molar-refractivity contribution in [3.05, 3.63) is 41.1 Å². The summed E-state index contributed by atoms with van der Waals surface area (Å²) in [7, 11) is 0. The smallest absolute Gasteiger partial charge is 0.270 e. The van der Waals surface area contributed by atoms with Gasteiger partial charge in [-0.3, -0.25) is 4.79 Å². The van der Waals surface area contributed by atoms with Crippen molar-refractivity contribution in [1.82, 2.24) is 10.3 Å². The molecule has 74 valence electrons. The van der Waals surface area contributed by atoms with Crippen LogP contribution in [0.1, 0.15) is 21.6 Å². The lowest BCUT2D eigenvalue weighted by atomic mass is 10.0. The number of fused-ring (bicyclic) bond motifs is 2. The van der Waals surface area contributed by atoms with Gasteiger partial charge in [-0.25, -0.2) is 4.98 Å². The second-order valence-corrected chi connectivity index (χ2v) is 3.76. The maximum absolute atomic E-state index is 11.5. The van der Waals surface area contributed by atoms with Crippen LogP contribution in [0.4, 0.5) is 0 Å². The molecule has 0 bridgehead atoms. The Morgan fingerprint density at radius 1 is 1.33 bits per heavy atom. The summed E-state index contributed by atoms with van der Waals surface area (Å²) in [6.07, 6.45) is 0. The minimum Gasteiger partial charge on any atom is -0.347 e. The van der Waals surface area contributed by atoms with Gasteiger partial charge in [0, 0.05) is 17.5 Å². The van der Waals surface area contributed by atoms with Gasteiger partial charge in [-0.1, -0.05) is 18.2 Å². The van der Waals surface area contributed by atoms with E-state index in [-0.39, 0.29) is 5.91 Å². The normalized spacial score (nSPS) is 14.1. The number of carbonyl (C=O) groups excluding carboxylic acids is 1. The van der Waals surface area contributed by atoms with E-state index in [1.807, 2.05) is 31.2 Å². The van der Waals surface area contributed by atoms with Crippen molar-refractivity contribution < 1.29 is 4.79 Å². The molecule has 1 aromatic heterocycles. The highest BCUT2D eigenvalue weighted by atomic mass is 16.2. The van der Waals surface area contributed by atoms with Crippen molar-refractivity contribution in [3.63, 3.8) is 0 Å².